The number of thiophene rings is 1. The van der Waals surface area contributed by atoms with E-state index in [1.165, 1.54) is 10.5 Å². The smallest absolute Gasteiger partial charge is 0.234 e. The maximum Gasteiger partial charge on any atom is 0.234 e. The van der Waals surface area contributed by atoms with Crippen molar-refractivity contribution in [3.63, 3.8) is 0 Å². The van der Waals surface area contributed by atoms with Gasteiger partial charge >= 0.3 is 0 Å². The Morgan fingerprint density at radius 3 is 2.72 bits per heavy atom. The van der Waals surface area contributed by atoms with Crippen LogP contribution in [0.5, 0.6) is 0 Å². The highest BCUT2D eigenvalue weighted by atomic mass is 32.1. The molecular weight excluding hydrogens is 424 g/mol. The second kappa shape index (κ2) is 7.93. The molecule has 3 fully saturated rings. The van der Waals surface area contributed by atoms with E-state index in [0.29, 0.717) is 6.54 Å². The predicted molar refractivity (Wildman–Crippen MR) is 125 cm³/mol. The number of pyridine rings is 1. The first-order chi connectivity index (χ1) is 15.3. The molecule has 7 nitrogen and oxygen atoms in total. The Balaban J connectivity index is 1.37. The zero-order valence-electron chi connectivity index (χ0n) is 19.0. The minimum atomic E-state index is -0.179. The van der Waals surface area contributed by atoms with E-state index in [2.05, 4.69) is 29.5 Å². The van der Waals surface area contributed by atoms with Gasteiger partial charge in [-0.2, -0.15) is 0 Å². The molecule has 0 bridgehead atoms. The van der Waals surface area contributed by atoms with Crippen molar-refractivity contribution in [3.8, 4) is 0 Å². The van der Waals surface area contributed by atoms with Gasteiger partial charge in [-0.15, -0.1) is 11.3 Å². The number of aromatic nitrogens is 1. The van der Waals surface area contributed by atoms with Crippen LogP contribution in [0.3, 0.4) is 0 Å². The number of carbonyl (C=O) groups is 2. The topological polar surface area (TPSA) is 83.6 Å². The molecule has 0 radical (unpaired) electrons. The summed E-state index contributed by atoms with van der Waals surface area (Å²) in [5.74, 6) is -0.334. The standard InChI is InChI=1S/C24H30N4O3S/c1-13(2)20(27-11-14-10-25-7-8-31-14)16-5-6-26-17-9-15(32-21(16)17)12-28-22(29)18-19(23(28)30)24(18,3)4/h5-6,9,14,18-19,25,27H,7-8,10-12H2,1-4H3. The van der Waals surface area contributed by atoms with Crippen molar-refractivity contribution in [1.29, 1.82) is 0 Å². The van der Waals surface area contributed by atoms with Crippen molar-refractivity contribution in [2.75, 3.05) is 26.2 Å². The molecule has 2 aliphatic heterocycles. The van der Waals surface area contributed by atoms with Crippen LogP contribution in [0, 0.1) is 17.3 Å². The zero-order valence-corrected chi connectivity index (χ0v) is 19.8. The first-order valence-electron chi connectivity index (χ1n) is 11.3. The third kappa shape index (κ3) is 3.54. The van der Waals surface area contributed by atoms with Crippen LogP contribution >= 0.6 is 11.3 Å². The van der Waals surface area contributed by atoms with Crippen LogP contribution in [0.4, 0.5) is 0 Å². The van der Waals surface area contributed by atoms with Crippen molar-refractivity contribution in [2.24, 2.45) is 17.3 Å². The Hall–Kier alpha value is -2.29. The fourth-order valence-corrected chi connectivity index (χ4v) is 6.21. The number of piperidine rings is 1. The summed E-state index contributed by atoms with van der Waals surface area (Å²) in [5, 5.41) is 6.95. The summed E-state index contributed by atoms with van der Waals surface area (Å²) >= 11 is 1.61. The molecular formula is C24H30N4O3S. The molecule has 170 valence electrons. The molecule has 8 heteroatoms. The summed E-state index contributed by atoms with van der Waals surface area (Å²) in [6, 6.07) is 4.04. The molecule has 1 saturated carbocycles. The molecule has 0 aromatic carbocycles. The molecule has 2 saturated heterocycles. The monoisotopic (exact) mass is 454 g/mol. The molecule has 3 unspecified atom stereocenters. The highest BCUT2D eigenvalue weighted by Crippen LogP contribution is 2.63. The average Bonchev–Trinajstić information content (AvgIpc) is 3.02. The molecule has 2 aromatic rings. The molecule has 2 N–H and O–H groups in total. The van der Waals surface area contributed by atoms with Gasteiger partial charge in [0.05, 0.1) is 41.3 Å². The lowest BCUT2D eigenvalue weighted by molar-refractivity contribution is -0.143. The predicted octanol–water partition coefficient (Wildman–Crippen LogP) is 2.77. The van der Waals surface area contributed by atoms with Gasteiger partial charge in [0, 0.05) is 42.0 Å². The maximum absolute atomic E-state index is 12.8. The van der Waals surface area contributed by atoms with Gasteiger partial charge in [0.2, 0.25) is 11.8 Å². The third-order valence-corrected chi connectivity index (χ3v) is 8.09. The lowest BCUT2D eigenvalue weighted by Gasteiger charge is -2.25. The van der Waals surface area contributed by atoms with Crippen molar-refractivity contribution < 1.29 is 14.3 Å². The summed E-state index contributed by atoms with van der Waals surface area (Å²) in [6.07, 6.45) is 1.96. The Labute approximate surface area is 192 Å². The van der Waals surface area contributed by atoms with E-state index < -0.39 is 0 Å². The third-order valence-electron chi connectivity index (χ3n) is 6.95. The molecule has 0 spiro atoms. The minimum Gasteiger partial charge on any atom is -0.382 e. The SMILES string of the molecule is CC(C)=C(NCC1CNCCO1)c1ccnc2cc(CN3C(=O)C4C(C3=O)C4(C)C)sc12. The van der Waals surface area contributed by atoms with Gasteiger partial charge in [0.1, 0.15) is 0 Å². The van der Waals surface area contributed by atoms with E-state index in [-0.39, 0.29) is 35.2 Å². The maximum atomic E-state index is 12.8. The second-order valence-electron chi connectivity index (χ2n) is 9.78. The normalized spacial score (nSPS) is 26.4. The number of allylic oxidation sites excluding steroid dienone is 1. The number of morpholine rings is 1. The van der Waals surface area contributed by atoms with Gasteiger partial charge in [-0.3, -0.25) is 19.5 Å². The van der Waals surface area contributed by atoms with Crippen LogP contribution < -0.4 is 10.6 Å². The molecule has 1 aliphatic carbocycles. The van der Waals surface area contributed by atoms with Crippen molar-refractivity contribution >= 4 is 39.1 Å². The van der Waals surface area contributed by atoms with E-state index in [1.54, 1.807) is 11.3 Å². The molecule has 4 heterocycles. The Morgan fingerprint density at radius 1 is 1.31 bits per heavy atom. The van der Waals surface area contributed by atoms with Gasteiger partial charge in [0.25, 0.3) is 0 Å². The van der Waals surface area contributed by atoms with Crippen LogP contribution in [0.1, 0.15) is 38.1 Å². The quantitative estimate of drug-likeness (QED) is 0.653. The number of amides is 2. The number of carbonyl (C=O) groups excluding carboxylic acids is 2. The van der Waals surface area contributed by atoms with Gasteiger partial charge in [-0.1, -0.05) is 19.4 Å². The number of nitrogens with zero attached hydrogens (tertiary/aromatic N) is 2. The van der Waals surface area contributed by atoms with Crippen molar-refractivity contribution in [1.82, 2.24) is 20.5 Å². The molecule has 2 amide bonds. The number of hydrogen-bond acceptors (Lipinski definition) is 7. The van der Waals surface area contributed by atoms with E-state index in [1.807, 2.05) is 32.2 Å². The molecule has 32 heavy (non-hydrogen) atoms. The van der Waals surface area contributed by atoms with E-state index >= 15 is 0 Å². The largest absolute Gasteiger partial charge is 0.382 e. The highest BCUT2D eigenvalue weighted by Gasteiger charge is 2.72. The van der Waals surface area contributed by atoms with E-state index in [9.17, 15) is 9.59 Å². The number of likely N-dealkylation sites (tertiary alicyclic amines) is 1. The van der Waals surface area contributed by atoms with E-state index in [4.69, 9.17) is 4.74 Å². The highest BCUT2D eigenvalue weighted by molar-refractivity contribution is 7.19. The number of imide groups is 1. The number of nitrogens with one attached hydrogen (secondary N) is 2. The molecule has 3 atom stereocenters. The molecule has 5 rings (SSSR count). The van der Waals surface area contributed by atoms with Gasteiger partial charge in [-0.05, 0) is 31.4 Å². The summed E-state index contributed by atoms with van der Waals surface area (Å²) in [7, 11) is 0. The van der Waals surface area contributed by atoms with Crippen LogP contribution in [-0.4, -0.2) is 54.0 Å². The van der Waals surface area contributed by atoms with Crippen molar-refractivity contribution in [3.05, 3.63) is 34.3 Å². The van der Waals surface area contributed by atoms with Crippen LogP contribution in [0.2, 0.25) is 0 Å². The Morgan fingerprint density at radius 2 is 2.06 bits per heavy atom. The number of ether oxygens (including phenoxy) is 1. The fraction of sp³-hybridized carbons (Fsp3) is 0.542. The van der Waals surface area contributed by atoms with E-state index in [0.717, 1.165) is 52.6 Å². The number of rotatable bonds is 6. The Kier molecular flexibility index (Phi) is 5.34. The second-order valence-corrected chi connectivity index (χ2v) is 10.9. The fourth-order valence-electron chi connectivity index (χ4n) is 5.09. The van der Waals surface area contributed by atoms with Gasteiger partial charge < -0.3 is 15.4 Å². The summed E-state index contributed by atoms with van der Waals surface area (Å²) < 4.78 is 6.90. The lowest BCUT2D eigenvalue weighted by atomic mass is 10.1. The summed E-state index contributed by atoms with van der Waals surface area (Å²) in [5.41, 5.74) is 4.07. The summed E-state index contributed by atoms with van der Waals surface area (Å²) in [6.45, 7) is 11.7. The van der Waals surface area contributed by atoms with Crippen LogP contribution in [-0.2, 0) is 20.9 Å². The summed E-state index contributed by atoms with van der Waals surface area (Å²) in [4.78, 5) is 32.5. The van der Waals surface area contributed by atoms with Gasteiger partial charge in [-0.25, -0.2) is 0 Å². The number of fused-ring (bicyclic) bond motifs is 2. The first kappa shape index (κ1) is 21.6. The van der Waals surface area contributed by atoms with Crippen LogP contribution in [0.15, 0.2) is 23.9 Å². The average molecular weight is 455 g/mol. The minimum absolute atomic E-state index is 0.0246. The Bertz CT molecular complexity index is 1090. The molecule has 2 aromatic heterocycles. The zero-order chi connectivity index (χ0) is 22.6. The first-order valence-corrected chi connectivity index (χ1v) is 12.1. The number of hydrogen-bond donors (Lipinski definition) is 2. The van der Waals surface area contributed by atoms with Crippen LogP contribution in [0.25, 0.3) is 15.9 Å². The van der Waals surface area contributed by atoms with Crippen molar-refractivity contribution in [2.45, 2.75) is 40.3 Å². The lowest BCUT2D eigenvalue weighted by Crippen LogP contribution is -2.43. The van der Waals surface area contributed by atoms with Gasteiger partial charge in [0.15, 0.2) is 0 Å². The molecule has 3 aliphatic rings.